The van der Waals surface area contributed by atoms with Gasteiger partial charge < -0.3 is 25.3 Å². The molecule has 4 aromatic rings. The van der Waals surface area contributed by atoms with Crippen LogP contribution in [0, 0.1) is 11.2 Å². The molecule has 0 aliphatic carbocycles. The van der Waals surface area contributed by atoms with Gasteiger partial charge in [-0.2, -0.15) is 0 Å². The lowest BCUT2D eigenvalue weighted by atomic mass is 10.1. The molecule has 0 spiro atoms. The summed E-state index contributed by atoms with van der Waals surface area (Å²) < 4.78 is 23.3. The van der Waals surface area contributed by atoms with Crippen LogP contribution in [0.5, 0.6) is 5.88 Å². The molecule has 3 N–H and O–H groups in total. The molecular formula is C29H25FN8O4. The molecule has 0 fully saturated rings. The number of dihydropyridines is 1. The van der Waals surface area contributed by atoms with Gasteiger partial charge in [-0.25, -0.2) is 23.7 Å². The predicted octanol–water partition coefficient (Wildman–Crippen LogP) is 2.98. The summed E-state index contributed by atoms with van der Waals surface area (Å²) in [5, 5.41) is 13.1. The zero-order valence-electron chi connectivity index (χ0n) is 22.5. The van der Waals surface area contributed by atoms with Crippen LogP contribution in [-0.2, 0) is 13.6 Å². The molecule has 1 aliphatic heterocycles. The number of ether oxygens (including phenoxy) is 1. The number of aryl methyl sites for hydroxylation is 2. The van der Waals surface area contributed by atoms with Crippen molar-refractivity contribution in [1.82, 2.24) is 29.0 Å². The van der Waals surface area contributed by atoms with Gasteiger partial charge in [-0.15, -0.1) is 0 Å². The molecule has 0 unspecified atom stereocenters. The van der Waals surface area contributed by atoms with Crippen molar-refractivity contribution in [1.29, 1.82) is 5.41 Å². The smallest absolute Gasteiger partial charge is 0.335 e. The van der Waals surface area contributed by atoms with E-state index < -0.39 is 23.0 Å². The Hall–Kier alpha value is -5.85. The number of benzene rings is 1. The van der Waals surface area contributed by atoms with Crippen molar-refractivity contribution >= 4 is 23.4 Å². The fourth-order valence-electron chi connectivity index (χ4n) is 4.12. The van der Waals surface area contributed by atoms with Gasteiger partial charge in [0.2, 0.25) is 5.88 Å². The molecule has 3 aromatic heterocycles. The van der Waals surface area contributed by atoms with Crippen molar-refractivity contribution in [2.24, 2.45) is 7.05 Å². The Morgan fingerprint density at radius 2 is 1.93 bits per heavy atom. The van der Waals surface area contributed by atoms with Gasteiger partial charge in [0.15, 0.2) is 5.76 Å². The Balaban J connectivity index is 1.38. The Bertz CT molecular complexity index is 1880. The number of nitrogens with one attached hydrogen (secondary N) is 3. The first-order valence-electron chi connectivity index (χ1n) is 12.7. The number of carbonyl (C=O) groups excluding carboxylic acids is 1. The average molecular weight is 569 g/mol. The molecule has 5 rings (SSSR count). The summed E-state index contributed by atoms with van der Waals surface area (Å²) in [5.74, 6) is -0.680. The largest absolute Gasteiger partial charge is 0.437 e. The second-order valence-corrected chi connectivity index (χ2v) is 9.09. The standard InChI is InChI=1S/C29H25FN8O4/c1-3-37-15-22(28(40)38(29(37)41)21-7-4-19(30)5-8-21)27(39)35-20-6-9-26(33-14-20)42-25-12-18(13-32-23(25)10-11-31)24-16-36(2)17-34-24/h4-17,31-32H,3H2,1-2H3,(H,35,39)/b23-10-,31-11?. The highest BCUT2D eigenvalue weighted by molar-refractivity contribution is 6.03. The third-order valence-corrected chi connectivity index (χ3v) is 6.22. The third kappa shape index (κ3) is 5.70. The second-order valence-electron chi connectivity index (χ2n) is 9.09. The molecule has 13 heteroatoms. The molecule has 0 saturated heterocycles. The number of aromatic nitrogens is 5. The number of imidazole rings is 1. The van der Waals surface area contributed by atoms with E-state index in [1.54, 1.807) is 31.6 Å². The highest BCUT2D eigenvalue weighted by Gasteiger charge is 2.20. The van der Waals surface area contributed by atoms with Crippen LogP contribution in [0.25, 0.3) is 11.3 Å². The number of rotatable bonds is 8. The molecule has 212 valence electrons. The van der Waals surface area contributed by atoms with Crippen molar-refractivity contribution in [3.05, 3.63) is 129 Å². The summed E-state index contributed by atoms with van der Waals surface area (Å²) >= 11 is 0. The molecule has 1 aromatic carbocycles. The third-order valence-electron chi connectivity index (χ3n) is 6.22. The zero-order valence-corrected chi connectivity index (χ0v) is 22.5. The zero-order chi connectivity index (χ0) is 29.8. The highest BCUT2D eigenvalue weighted by atomic mass is 19.1. The molecule has 1 aliphatic rings. The number of nitrogens with zero attached hydrogens (tertiary/aromatic N) is 5. The van der Waals surface area contributed by atoms with Crippen molar-refractivity contribution < 1.29 is 13.9 Å². The maximum absolute atomic E-state index is 13.4. The molecular weight excluding hydrogens is 543 g/mol. The monoisotopic (exact) mass is 568 g/mol. The van der Waals surface area contributed by atoms with Crippen LogP contribution in [0.1, 0.15) is 23.0 Å². The number of carbonyl (C=O) groups is 1. The van der Waals surface area contributed by atoms with Gasteiger partial charge in [0.05, 0.1) is 35.3 Å². The van der Waals surface area contributed by atoms with Crippen LogP contribution in [0.2, 0.25) is 0 Å². The number of anilines is 1. The minimum atomic E-state index is -0.847. The van der Waals surface area contributed by atoms with E-state index in [9.17, 15) is 18.8 Å². The van der Waals surface area contributed by atoms with Gasteiger partial charge in [0.25, 0.3) is 11.5 Å². The van der Waals surface area contributed by atoms with Crippen LogP contribution in [-0.4, -0.2) is 35.8 Å². The first kappa shape index (κ1) is 27.7. The van der Waals surface area contributed by atoms with Crippen molar-refractivity contribution in [2.45, 2.75) is 13.5 Å². The molecule has 0 atom stereocenters. The Kier molecular flexibility index (Phi) is 7.73. The summed E-state index contributed by atoms with van der Waals surface area (Å²) in [6.07, 6.45) is 12.2. The summed E-state index contributed by atoms with van der Waals surface area (Å²) in [6.45, 7) is 1.89. The minimum Gasteiger partial charge on any atom is -0.437 e. The second kappa shape index (κ2) is 11.7. The van der Waals surface area contributed by atoms with Crippen LogP contribution < -0.4 is 26.6 Å². The normalized spacial score (nSPS) is 13.6. The highest BCUT2D eigenvalue weighted by Crippen LogP contribution is 2.25. The maximum atomic E-state index is 13.4. The Morgan fingerprint density at radius 3 is 2.57 bits per heavy atom. The number of pyridine rings is 1. The molecule has 1 amide bonds. The SMILES string of the molecule is CCn1cc(C(=O)Nc2ccc(OC3=CC(c4cn(C)cn4)=CN/C3=C\C=N)nc2)c(=O)n(-c2ccc(F)cc2)c1=O. The molecule has 0 saturated carbocycles. The van der Waals surface area contributed by atoms with Gasteiger partial charge in [0, 0.05) is 50.0 Å². The first-order chi connectivity index (χ1) is 20.3. The number of amides is 1. The maximum Gasteiger partial charge on any atom is 0.335 e. The molecule has 0 radical (unpaired) electrons. The van der Waals surface area contributed by atoms with Crippen molar-refractivity contribution in [3.63, 3.8) is 0 Å². The number of halogens is 1. The van der Waals surface area contributed by atoms with E-state index in [-0.39, 0.29) is 29.4 Å². The van der Waals surface area contributed by atoms with E-state index in [2.05, 4.69) is 20.6 Å². The topological polar surface area (TPSA) is 149 Å². The number of hydrogen-bond acceptors (Lipinski definition) is 8. The van der Waals surface area contributed by atoms with E-state index in [0.717, 1.165) is 34.2 Å². The van der Waals surface area contributed by atoms with E-state index >= 15 is 0 Å². The van der Waals surface area contributed by atoms with Gasteiger partial charge in [-0.1, -0.05) is 0 Å². The lowest BCUT2D eigenvalue weighted by molar-refractivity contribution is 0.102. The molecule has 12 nitrogen and oxygen atoms in total. The van der Waals surface area contributed by atoms with Crippen LogP contribution in [0.15, 0.2) is 101 Å². The van der Waals surface area contributed by atoms with E-state index in [1.807, 2.05) is 17.8 Å². The van der Waals surface area contributed by atoms with Crippen LogP contribution in [0.4, 0.5) is 10.1 Å². The fraction of sp³-hybridized carbons (Fsp3) is 0.103. The van der Waals surface area contributed by atoms with Gasteiger partial charge >= 0.3 is 5.69 Å². The van der Waals surface area contributed by atoms with Crippen molar-refractivity contribution in [3.8, 4) is 11.6 Å². The summed E-state index contributed by atoms with van der Waals surface area (Å²) in [4.78, 5) is 47.8. The minimum absolute atomic E-state index is 0.135. The summed E-state index contributed by atoms with van der Waals surface area (Å²) in [6, 6.07) is 7.90. The molecule has 42 heavy (non-hydrogen) atoms. The molecule has 4 heterocycles. The Labute approximate surface area is 238 Å². The lowest BCUT2D eigenvalue weighted by Crippen LogP contribution is -2.42. The predicted molar refractivity (Wildman–Crippen MR) is 154 cm³/mol. The van der Waals surface area contributed by atoms with Gasteiger partial charge in [0.1, 0.15) is 11.4 Å². The number of allylic oxidation sites excluding steroid dienone is 3. The van der Waals surface area contributed by atoms with Crippen LogP contribution in [0.3, 0.4) is 0 Å². The van der Waals surface area contributed by atoms with E-state index in [1.165, 1.54) is 41.2 Å². The van der Waals surface area contributed by atoms with E-state index in [4.69, 9.17) is 10.1 Å². The average Bonchev–Trinajstić information content (AvgIpc) is 3.42. The van der Waals surface area contributed by atoms with Gasteiger partial charge in [-0.05, 0) is 49.4 Å². The van der Waals surface area contributed by atoms with Crippen LogP contribution >= 0.6 is 0 Å². The number of hydrogen-bond donors (Lipinski definition) is 3. The summed E-state index contributed by atoms with van der Waals surface area (Å²) in [5.41, 5.74) is 0.640. The molecule has 0 bridgehead atoms. The lowest BCUT2D eigenvalue weighted by Gasteiger charge is -2.18. The van der Waals surface area contributed by atoms with Crippen molar-refractivity contribution in [2.75, 3.05) is 5.32 Å². The first-order valence-corrected chi connectivity index (χ1v) is 12.7. The Morgan fingerprint density at radius 1 is 1.14 bits per heavy atom. The fourth-order valence-corrected chi connectivity index (χ4v) is 4.12. The quantitative estimate of drug-likeness (QED) is 0.277. The van der Waals surface area contributed by atoms with E-state index in [0.29, 0.717) is 11.5 Å². The van der Waals surface area contributed by atoms with Gasteiger partial charge in [-0.3, -0.25) is 14.2 Å². The summed E-state index contributed by atoms with van der Waals surface area (Å²) in [7, 11) is 1.86.